The zero-order chi connectivity index (χ0) is 11.3. The number of hydrogen-bond donors (Lipinski definition) is 0. The van der Waals surface area contributed by atoms with Gasteiger partial charge in [-0.05, 0) is 17.7 Å². The average Bonchev–Trinajstić information content (AvgIpc) is 2.21. The van der Waals surface area contributed by atoms with Crippen molar-refractivity contribution in [2.75, 3.05) is 13.8 Å². The first-order chi connectivity index (χ1) is 7.17. The SMILES string of the molecule is CO/N=C(/CF)Cc1ccc(Cl)cc1Cl. The Balaban J connectivity index is 2.84. The molecule has 0 unspecified atom stereocenters. The van der Waals surface area contributed by atoms with Gasteiger partial charge < -0.3 is 4.84 Å². The maximum atomic E-state index is 12.5. The number of benzene rings is 1. The highest BCUT2D eigenvalue weighted by Gasteiger charge is 2.06. The molecule has 0 atom stereocenters. The lowest BCUT2D eigenvalue weighted by Gasteiger charge is -2.04. The molecule has 2 nitrogen and oxygen atoms in total. The fourth-order valence-electron chi connectivity index (χ4n) is 1.12. The summed E-state index contributed by atoms with van der Waals surface area (Å²) in [6, 6.07) is 5.05. The Morgan fingerprint density at radius 3 is 2.73 bits per heavy atom. The van der Waals surface area contributed by atoms with Crippen molar-refractivity contribution < 1.29 is 9.23 Å². The van der Waals surface area contributed by atoms with E-state index in [1.807, 2.05) is 0 Å². The molecule has 5 heteroatoms. The highest BCUT2D eigenvalue weighted by Crippen LogP contribution is 2.21. The van der Waals surface area contributed by atoms with E-state index in [4.69, 9.17) is 23.2 Å². The molecular formula is C10H10Cl2FNO. The molecular weight excluding hydrogens is 240 g/mol. The van der Waals surface area contributed by atoms with E-state index in [2.05, 4.69) is 9.99 Å². The van der Waals surface area contributed by atoms with Gasteiger partial charge in [0.15, 0.2) is 0 Å². The van der Waals surface area contributed by atoms with Gasteiger partial charge in [-0.25, -0.2) is 4.39 Å². The minimum absolute atomic E-state index is 0.293. The van der Waals surface area contributed by atoms with Crippen LogP contribution in [0, 0.1) is 0 Å². The lowest BCUT2D eigenvalue weighted by atomic mass is 10.1. The van der Waals surface area contributed by atoms with Crippen molar-refractivity contribution in [2.45, 2.75) is 6.42 Å². The second-order valence-corrected chi connectivity index (χ2v) is 3.73. The third kappa shape index (κ3) is 3.68. The fraction of sp³-hybridized carbons (Fsp3) is 0.300. The minimum atomic E-state index is -0.660. The van der Waals surface area contributed by atoms with Crippen molar-refractivity contribution in [3.8, 4) is 0 Å². The lowest BCUT2D eigenvalue weighted by molar-refractivity contribution is 0.211. The van der Waals surface area contributed by atoms with E-state index in [0.29, 0.717) is 22.2 Å². The van der Waals surface area contributed by atoms with Crippen molar-refractivity contribution in [2.24, 2.45) is 5.16 Å². The van der Waals surface area contributed by atoms with Gasteiger partial charge in [0, 0.05) is 16.5 Å². The van der Waals surface area contributed by atoms with Crippen LogP contribution in [-0.4, -0.2) is 19.5 Å². The van der Waals surface area contributed by atoms with Crippen LogP contribution in [0.1, 0.15) is 5.56 Å². The number of halogens is 3. The Morgan fingerprint density at radius 1 is 1.47 bits per heavy atom. The maximum Gasteiger partial charge on any atom is 0.131 e. The summed E-state index contributed by atoms with van der Waals surface area (Å²) in [6.07, 6.45) is 0.320. The van der Waals surface area contributed by atoms with Crippen molar-refractivity contribution in [1.29, 1.82) is 0 Å². The fourth-order valence-corrected chi connectivity index (χ4v) is 1.59. The second-order valence-electron chi connectivity index (χ2n) is 2.89. The number of nitrogens with zero attached hydrogens (tertiary/aromatic N) is 1. The summed E-state index contributed by atoms with van der Waals surface area (Å²) in [6.45, 7) is -0.660. The Labute approximate surface area is 97.6 Å². The first kappa shape index (κ1) is 12.3. The molecule has 15 heavy (non-hydrogen) atoms. The summed E-state index contributed by atoms with van der Waals surface area (Å²) < 4.78 is 12.5. The van der Waals surface area contributed by atoms with Crippen LogP contribution in [0.2, 0.25) is 10.0 Å². The predicted octanol–water partition coefficient (Wildman–Crippen LogP) is 3.51. The van der Waals surface area contributed by atoms with Gasteiger partial charge in [-0.15, -0.1) is 0 Å². The summed E-state index contributed by atoms with van der Waals surface area (Å²) in [5.41, 5.74) is 1.07. The molecule has 0 spiro atoms. The van der Waals surface area contributed by atoms with Crippen molar-refractivity contribution >= 4 is 28.9 Å². The van der Waals surface area contributed by atoms with Crippen LogP contribution >= 0.6 is 23.2 Å². The largest absolute Gasteiger partial charge is 0.399 e. The summed E-state index contributed by atoms with van der Waals surface area (Å²) in [5.74, 6) is 0. The standard InChI is InChI=1S/C10H10Cl2FNO/c1-15-14-9(6-13)4-7-2-3-8(11)5-10(7)12/h2-3,5H,4,6H2,1H3/b14-9+. The Hall–Kier alpha value is -0.800. The van der Waals surface area contributed by atoms with Gasteiger partial charge in [-0.3, -0.25) is 0 Å². The molecule has 0 saturated carbocycles. The van der Waals surface area contributed by atoms with Crippen LogP contribution < -0.4 is 0 Å². The topological polar surface area (TPSA) is 21.6 Å². The maximum absolute atomic E-state index is 12.5. The number of alkyl halides is 1. The van der Waals surface area contributed by atoms with E-state index < -0.39 is 6.67 Å². The van der Waals surface area contributed by atoms with Gasteiger partial charge in [-0.2, -0.15) is 0 Å². The molecule has 1 aromatic rings. The normalized spacial score (nSPS) is 11.6. The van der Waals surface area contributed by atoms with E-state index in [1.54, 1.807) is 18.2 Å². The summed E-state index contributed by atoms with van der Waals surface area (Å²) >= 11 is 11.7. The van der Waals surface area contributed by atoms with E-state index in [9.17, 15) is 4.39 Å². The molecule has 0 fully saturated rings. The molecule has 0 aliphatic heterocycles. The zero-order valence-corrected chi connectivity index (χ0v) is 9.65. The van der Waals surface area contributed by atoms with E-state index in [-0.39, 0.29) is 0 Å². The minimum Gasteiger partial charge on any atom is -0.399 e. The molecule has 1 aromatic carbocycles. The number of hydrogen-bond acceptors (Lipinski definition) is 2. The van der Waals surface area contributed by atoms with Gasteiger partial charge >= 0.3 is 0 Å². The van der Waals surface area contributed by atoms with Crippen molar-refractivity contribution in [3.63, 3.8) is 0 Å². The highest BCUT2D eigenvalue weighted by molar-refractivity contribution is 6.35. The van der Waals surface area contributed by atoms with Crippen LogP contribution in [-0.2, 0) is 11.3 Å². The molecule has 0 bridgehead atoms. The highest BCUT2D eigenvalue weighted by atomic mass is 35.5. The third-order valence-electron chi connectivity index (χ3n) is 1.78. The quantitative estimate of drug-likeness (QED) is 0.591. The summed E-state index contributed by atoms with van der Waals surface area (Å²) in [4.78, 5) is 4.51. The van der Waals surface area contributed by atoms with Crippen LogP contribution in [0.3, 0.4) is 0 Å². The molecule has 0 aliphatic rings. The first-order valence-electron chi connectivity index (χ1n) is 4.26. The van der Waals surface area contributed by atoms with E-state index in [1.165, 1.54) is 7.11 Å². The van der Waals surface area contributed by atoms with Gasteiger partial charge in [0.05, 0.1) is 5.71 Å². The lowest BCUT2D eigenvalue weighted by Crippen LogP contribution is -2.06. The molecule has 0 radical (unpaired) electrons. The average molecular weight is 250 g/mol. The molecule has 0 amide bonds. The monoisotopic (exact) mass is 249 g/mol. The molecule has 82 valence electrons. The Bertz CT molecular complexity index is 368. The van der Waals surface area contributed by atoms with Gasteiger partial charge in [0.1, 0.15) is 13.8 Å². The predicted molar refractivity (Wildman–Crippen MR) is 60.6 cm³/mol. The van der Waals surface area contributed by atoms with Crippen LogP contribution in [0.25, 0.3) is 0 Å². The molecule has 0 aliphatic carbocycles. The van der Waals surface area contributed by atoms with Gasteiger partial charge in [0.25, 0.3) is 0 Å². The summed E-state index contributed by atoms with van der Waals surface area (Å²) in [7, 11) is 1.37. The van der Waals surface area contributed by atoms with Crippen molar-refractivity contribution in [1.82, 2.24) is 0 Å². The van der Waals surface area contributed by atoms with Crippen LogP contribution in [0.5, 0.6) is 0 Å². The number of oxime groups is 1. The Kier molecular flexibility index (Phi) is 4.85. The van der Waals surface area contributed by atoms with Crippen LogP contribution in [0.15, 0.2) is 23.4 Å². The first-order valence-corrected chi connectivity index (χ1v) is 5.01. The van der Waals surface area contributed by atoms with Gasteiger partial charge in [0.2, 0.25) is 0 Å². The number of rotatable bonds is 4. The smallest absolute Gasteiger partial charge is 0.131 e. The van der Waals surface area contributed by atoms with Crippen molar-refractivity contribution in [3.05, 3.63) is 33.8 Å². The zero-order valence-electron chi connectivity index (χ0n) is 8.14. The second kappa shape index (κ2) is 5.93. The van der Waals surface area contributed by atoms with E-state index in [0.717, 1.165) is 5.56 Å². The molecule has 0 saturated heterocycles. The molecule has 0 heterocycles. The van der Waals surface area contributed by atoms with Gasteiger partial charge in [-0.1, -0.05) is 34.4 Å². The summed E-state index contributed by atoms with van der Waals surface area (Å²) in [5, 5.41) is 4.60. The third-order valence-corrected chi connectivity index (χ3v) is 2.37. The van der Waals surface area contributed by atoms with E-state index >= 15 is 0 Å². The molecule has 0 N–H and O–H groups in total. The molecule has 1 rings (SSSR count). The van der Waals surface area contributed by atoms with Crippen LogP contribution in [0.4, 0.5) is 4.39 Å². The Morgan fingerprint density at radius 2 is 2.20 bits per heavy atom. The molecule has 0 aromatic heterocycles.